The van der Waals surface area contributed by atoms with Gasteiger partial charge in [0.2, 0.25) is 5.96 Å². The summed E-state index contributed by atoms with van der Waals surface area (Å²) in [7, 11) is -0.807. The third kappa shape index (κ3) is 6.02. The lowest BCUT2D eigenvalue weighted by Gasteiger charge is -2.21. The maximum absolute atomic E-state index is 11.1. The van der Waals surface area contributed by atoms with Gasteiger partial charge < -0.3 is 5.32 Å². The van der Waals surface area contributed by atoms with Gasteiger partial charge in [0.05, 0.1) is 6.04 Å². The minimum Gasteiger partial charge on any atom is -0.352 e. The molecule has 0 aromatic heterocycles. The first-order valence-corrected chi connectivity index (χ1v) is 7.95. The molecular formula is C11H24N4OS. The van der Waals surface area contributed by atoms with Crippen LogP contribution in [0.25, 0.3) is 0 Å². The van der Waals surface area contributed by atoms with E-state index in [4.69, 9.17) is 5.84 Å². The Morgan fingerprint density at radius 1 is 1.47 bits per heavy atom. The number of hydrazine groups is 1. The number of guanidine groups is 1. The second kappa shape index (κ2) is 7.66. The molecule has 4 N–H and O–H groups in total. The SMILES string of the molecule is CC(CS(C)=O)NC(=NC1CCCCC1)NN. The van der Waals surface area contributed by atoms with Crippen LogP contribution in [-0.4, -0.2) is 34.3 Å². The highest BCUT2D eigenvalue weighted by molar-refractivity contribution is 7.84. The van der Waals surface area contributed by atoms with Crippen molar-refractivity contribution in [2.45, 2.75) is 51.1 Å². The standard InChI is InChI=1S/C11H24N4OS/c1-9(8-17(2)16)13-11(15-12)14-10-6-4-3-5-7-10/h9-10H,3-8,12H2,1-2H3,(H2,13,14,15). The van der Waals surface area contributed by atoms with Crippen molar-refractivity contribution >= 4 is 16.8 Å². The molecule has 0 radical (unpaired) electrons. The van der Waals surface area contributed by atoms with Crippen LogP contribution < -0.4 is 16.6 Å². The molecule has 0 spiro atoms. The summed E-state index contributed by atoms with van der Waals surface area (Å²) in [6.45, 7) is 1.98. The van der Waals surface area contributed by atoms with Gasteiger partial charge in [0, 0.05) is 28.9 Å². The molecule has 1 fully saturated rings. The summed E-state index contributed by atoms with van der Waals surface area (Å²) >= 11 is 0. The molecule has 2 atom stereocenters. The molecule has 1 aliphatic rings. The Kier molecular flexibility index (Phi) is 6.50. The second-order valence-corrected chi connectivity index (χ2v) is 6.18. The van der Waals surface area contributed by atoms with Crippen LogP contribution in [-0.2, 0) is 10.8 Å². The molecule has 0 saturated heterocycles. The van der Waals surface area contributed by atoms with E-state index in [1.807, 2.05) is 6.92 Å². The van der Waals surface area contributed by atoms with Gasteiger partial charge in [0.1, 0.15) is 0 Å². The molecule has 0 aromatic carbocycles. The Bertz CT molecular complexity index is 277. The van der Waals surface area contributed by atoms with Crippen LogP contribution in [0.4, 0.5) is 0 Å². The minimum atomic E-state index is -0.807. The lowest BCUT2D eigenvalue weighted by atomic mass is 9.96. The van der Waals surface area contributed by atoms with Gasteiger partial charge in [0.25, 0.3) is 0 Å². The van der Waals surface area contributed by atoms with Crippen molar-refractivity contribution < 1.29 is 4.21 Å². The highest BCUT2D eigenvalue weighted by Gasteiger charge is 2.14. The number of aliphatic imine (C=N–C) groups is 1. The molecule has 0 amide bonds. The zero-order valence-corrected chi connectivity index (χ0v) is 11.6. The Balaban J connectivity index is 2.45. The van der Waals surface area contributed by atoms with Crippen molar-refractivity contribution in [2.75, 3.05) is 12.0 Å². The van der Waals surface area contributed by atoms with Gasteiger partial charge in [0.15, 0.2) is 0 Å². The Hall–Kier alpha value is -0.620. The first-order chi connectivity index (χ1) is 8.11. The number of nitrogens with two attached hydrogens (primary N) is 1. The first kappa shape index (κ1) is 14.4. The Morgan fingerprint density at radius 3 is 2.65 bits per heavy atom. The van der Waals surface area contributed by atoms with E-state index in [2.05, 4.69) is 15.7 Å². The van der Waals surface area contributed by atoms with E-state index in [0.29, 0.717) is 17.8 Å². The maximum atomic E-state index is 11.1. The molecule has 1 saturated carbocycles. The van der Waals surface area contributed by atoms with Gasteiger partial charge in [-0.25, -0.2) is 10.8 Å². The van der Waals surface area contributed by atoms with Crippen molar-refractivity contribution in [3.8, 4) is 0 Å². The fourth-order valence-corrected chi connectivity index (χ4v) is 2.92. The van der Waals surface area contributed by atoms with Gasteiger partial charge in [-0.05, 0) is 19.8 Å². The predicted molar refractivity (Wildman–Crippen MR) is 73.2 cm³/mol. The van der Waals surface area contributed by atoms with E-state index in [0.717, 1.165) is 12.8 Å². The summed E-state index contributed by atoms with van der Waals surface area (Å²) in [5, 5.41) is 3.17. The van der Waals surface area contributed by atoms with Crippen LogP contribution >= 0.6 is 0 Å². The highest BCUT2D eigenvalue weighted by atomic mass is 32.2. The lowest BCUT2D eigenvalue weighted by Crippen LogP contribution is -2.47. The summed E-state index contributed by atoms with van der Waals surface area (Å²) in [6.07, 6.45) is 7.80. The Labute approximate surface area is 106 Å². The summed E-state index contributed by atoms with van der Waals surface area (Å²) in [4.78, 5) is 4.57. The normalized spacial score (nSPS) is 21.9. The molecule has 1 rings (SSSR count). The summed E-state index contributed by atoms with van der Waals surface area (Å²) in [5.41, 5.74) is 2.59. The molecule has 1 aliphatic carbocycles. The topological polar surface area (TPSA) is 79.5 Å². The van der Waals surface area contributed by atoms with Crippen molar-refractivity contribution in [1.82, 2.24) is 10.7 Å². The van der Waals surface area contributed by atoms with Gasteiger partial charge in [-0.2, -0.15) is 0 Å². The number of nitrogens with one attached hydrogen (secondary N) is 2. The van der Waals surface area contributed by atoms with E-state index in [1.54, 1.807) is 6.26 Å². The fourth-order valence-electron chi connectivity index (χ4n) is 2.14. The summed E-state index contributed by atoms with van der Waals surface area (Å²) in [6, 6.07) is 0.487. The third-order valence-corrected chi connectivity index (χ3v) is 3.86. The molecule has 0 aromatic rings. The highest BCUT2D eigenvalue weighted by Crippen LogP contribution is 2.19. The molecular weight excluding hydrogens is 236 g/mol. The van der Waals surface area contributed by atoms with Crippen molar-refractivity contribution in [3.05, 3.63) is 0 Å². The van der Waals surface area contributed by atoms with E-state index >= 15 is 0 Å². The van der Waals surface area contributed by atoms with Gasteiger partial charge in [-0.3, -0.25) is 9.63 Å². The quantitative estimate of drug-likeness (QED) is 0.297. The third-order valence-electron chi connectivity index (χ3n) is 2.89. The van der Waals surface area contributed by atoms with Crippen LogP contribution in [0.3, 0.4) is 0 Å². The zero-order valence-electron chi connectivity index (χ0n) is 10.7. The van der Waals surface area contributed by atoms with Crippen molar-refractivity contribution in [3.63, 3.8) is 0 Å². The molecule has 0 bridgehead atoms. The van der Waals surface area contributed by atoms with Crippen LogP contribution in [0.2, 0.25) is 0 Å². The van der Waals surface area contributed by atoms with Crippen LogP contribution in [0.15, 0.2) is 4.99 Å². The van der Waals surface area contributed by atoms with Gasteiger partial charge in [-0.1, -0.05) is 19.3 Å². The lowest BCUT2D eigenvalue weighted by molar-refractivity contribution is 0.440. The second-order valence-electron chi connectivity index (χ2n) is 4.70. The first-order valence-electron chi connectivity index (χ1n) is 6.22. The number of hydrogen-bond acceptors (Lipinski definition) is 3. The zero-order chi connectivity index (χ0) is 12.7. The van der Waals surface area contributed by atoms with Crippen LogP contribution in [0, 0.1) is 0 Å². The van der Waals surface area contributed by atoms with E-state index in [9.17, 15) is 4.21 Å². The predicted octanol–water partition coefficient (Wildman–Crippen LogP) is 0.495. The van der Waals surface area contributed by atoms with Crippen LogP contribution in [0.5, 0.6) is 0 Å². The van der Waals surface area contributed by atoms with E-state index in [1.165, 1.54) is 19.3 Å². The minimum absolute atomic E-state index is 0.110. The smallest absolute Gasteiger partial charge is 0.206 e. The van der Waals surface area contributed by atoms with E-state index < -0.39 is 10.8 Å². The van der Waals surface area contributed by atoms with Crippen molar-refractivity contribution in [1.29, 1.82) is 0 Å². The maximum Gasteiger partial charge on any atom is 0.206 e. The molecule has 2 unspecified atom stereocenters. The molecule has 6 heteroatoms. The summed E-state index contributed by atoms with van der Waals surface area (Å²) in [5.74, 6) is 6.67. The largest absolute Gasteiger partial charge is 0.352 e. The van der Waals surface area contributed by atoms with E-state index in [-0.39, 0.29) is 6.04 Å². The monoisotopic (exact) mass is 260 g/mol. The van der Waals surface area contributed by atoms with Crippen LogP contribution in [0.1, 0.15) is 39.0 Å². The molecule has 0 heterocycles. The van der Waals surface area contributed by atoms with Gasteiger partial charge in [-0.15, -0.1) is 0 Å². The van der Waals surface area contributed by atoms with Crippen molar-refractivity contribution in [2.24, 2.45) is 10.8 Å². The number of nitrogens with zero attached hydrogens (tertiary/aromatic N) is 1. The summed E-state index contributed by atoms with van der Waals surface area (Å²) < 4.78 is 11.1. The molecule has 5 nitrogen and oxygen atoms in total. The fraction of sp³-hybridized carbons (Fsp3) is 0.909. The molecule has 100 valence electrons. The molecule has 0 aliphatic heterocycles. The number of hydrogen-bond donors (Lipinski definition) is 3. The average molecular weight is 260 g/mol. The number of rotatable bonds is 4. The Morgan fingerprint density at radius 2 is 2.12 bits per heavy atom. The molecule has 17 heavy (non-hydrogen) atoms. The average Bonchev–Trinajstić information content (AvgIpc) is 2.28. The van der Waals surface area contributed by atoms with Gasteiger partial charge >= 0.3 is 0 Å².